The first-order valence-electron chi connectivity index (χ1n) is 11.0. The zero-order chi connectivity index (χ0) is 24.2. The molecule has 0 saturated heterocycles. The van der Waals surface area contributed by atoms with Crippen LogP contribution in [-0.4, -0.2) is 60.3 Å². The summed E-state index contributed by atoms with van der Waals surface area (Å²) in [5.41, 5.74) is 2.47. The fraction of sp³-hybridized carbons (Fsp3) is 0.417. The Morgan fingerprint density at radius 1 is 1.09 bits per heavy atom. The number of carbonyl (C=O) groups is 1. The van der Waals surface area contributed by atoms with Crippen LogP contribution in [0.2, 0.25) is 0 Å². The maximum absolute atomic E-state index is 12.8. The highest BCUT2D eigenvalue weighted by atomic mass is 32.2. The van der Waals surface area contributed by atoms with Gasteiger partial charge in [-0.1, -0.05) is 26.0 Å². The molecule has 0 spiro atoms. The van der Waals surface area contributed by atoms with E-state index in [1.807, 2.05) is 49.7 Å². The van der Waals surface area contributed by atoms with Crippen molar-refractivity contribution in [3.63, 3.8) is 0 Å². The summed E-state index contributed by atoms with van der Waals surface area (Å²) in [7, 11) is 1.74. The Hall–Kier alpha value is -2.91. The van der Waals surface area contributed by atoms with E-state index in [9.17, 15) is 13.2 Å². The number of hydrogen-bond donors (Lipinski definition) is 0. The highest BCUT2D eigenvalue weighted by Crippen LogP contribution is 2.23. The zero-order valence-electron chi connectivity index (χ0n) is 19.9. The fourth-order valence-corrected chi connectivity index (χ4v) is 5.31. The van der Waals surface area contributed by atoms with Crippen LogP contribution in [0.15, 0.2) is 47.4 Å². The number of nitrogens with zero attached hydrogens (tertiary/aromatic N) is 4. The number of methoxy groups -OCH3 is 1. The standard InChI is InChI=1S/C24H32N4O4S/c1-6-28(7-2)33(30,31)20-12-13-22-21(16-20)25-23(27(22)4)14-15-24(29)26(3)17-18-8-10-19(32-5)11-9-18/h8-13,16H,6-7,14-15,17H2,1-5H3. The number of fused-ring (bicyclic) bond motifs is 1. The van der Waals surface area contributed by atoms with Gasteiger partial charge in [0, 0.05) is 46.6 Å². The summed E-state index contributed by atoms with van der Waals surface area (Å²) in [4.78, 5) is 19.2. The summed E-state index contributed by atoms with van der Waals surface area (Å²) in [5, 5.41) is 0. The zero-order valence-corrected chi connectivity index (χ0v) is 20.7. The average molecular weight is 473 g/mol. The molecule has 0 atom stereocenters. The van der Waals surface area contributed by atoms with Gasteiger partial charge in [0.1, 0.15) is 11.6 Å². The van der Waals surface area contributed by atoms with Crippen LogP contribution >= 0.6 is 0 Å². The molecule has 1 amide bonds. The lowest BCUT2D eigenvalue weighted by molar-refractivity contribution is -0.130. The summed E-state index contributed by atoms with van der Waals surface area (Å²) in [6.07, 6.45) is 0.781. The summed E-state index contributed by atoms with van der Waals surface area (Å²) < 4.78 is 34.2. The molecule has 1 aromatic heterocycles. The highest BCUT2D eigenvalue weighted by Gasteiger charge is 2.23. The molecule has 1 heterocycles. The smallest absolute Gasteiger partial charge is 0.243 e. The lowest BCUT2D eigenvalue weighted by Gasteiger charge is -2.18. The number of ether oxygens (including phenoxy) is 1. The summed E-state index contributed by atoms with van der Waals surface area (Å²) in [5.74, 6) is 1.54. The molecule has 3 aromatic rings. The van der Waals surface area contributed by atoms with Gasteiger partial charge in [0.2, 0.25) is 15.9 Å². The summed E-state index contributed by atoms with van der Waals surface area (Å²) in [6, 6.07) is 12.7. The first-order valence-corrected chi connectivity index (χ1v) is 12.5. The first-order chi connectivity index (χ1) is 15.7. The lowest BCUT2D eigenvalue weighted by atomic mass is 10.2. The van der Waals surface area contributed by atoms with Crippen molar-refractivity contribution >= 4 is 27.0 Å². The maximum Gasteiger partial charge on any atom is 0.243 e. The van der Waals surface area contributed by atoms with Crippen LogP contribution in [0.5, 0.6) is 5.75 Å². The lowest BCUT2D eigenvalue weighted by Crippen LogP contribution is -2.30. The molecule has 0 bridgehead atoms. The van der Waals surface area contributed by atoms with Crippen molar-refractivity contribution in [3.05, 3.63) is 53.9 Å². The number of amides is 1. The maximum atomic E-state index is 12.8. The normalized spacial score (nSPS) is 11.8. The number of rotatable bonds is 10. The van der Waals surface area contributed by atoms with Gasteiger partial charge < -0.3 is 14.2 Å². The number of carbonyl (C=O) groups excluding carboxylic acids is 1. The molecule has 8 nitrogen and oxygen atoms in total. The molecule has 2 aromatic carbocycles. The van der Waals surface area contributed by atoms with Crippen LogP contribution in [-0.2, 0) is 34.8 Å². The molecule has 0 fully saturated rings. The van der Waals surface area contributed by atoms with E-state index < -0.39 is 10.0 Å². The minimum atomic E-state index is -3.55. The molecule has 178 valence electrons. The van der Waals surface area contributed by atoms with Gasteiger partial charge in [-0.3, -0.25) is 4.79 Å². The van der Waals surface area contributed by atoms with E-state index in [-0.39, 0.29) is 10.8 Å². The van der Waals surface area contributed by atoms with E-state index in [1.54, 1.807) is 37.3 Å². The van der Waals surface area contributed by atoms with Crippen LogP contribution < -0.4 is 4.74 Å². The Balaban J connectivity index is 1.71. The second-order valence-electron chi connectivity index (χ2n) is 7.92. The van der Waals surface area contributed by atoms with Crippen LogP contribution in [0.25, 0.3) is 11.0 Å². The van der Waals surface area contributed by atoms with Crippen molar-refractivity contribution in [1.29, 1.82) is 0 Å². The van der Waals surface area contributed by atoms with Crippen molar-refractivity contribution in [2.75, 3.05) is 27.2 Å². The van der Waals surface area contributed by atoms with E-state index >= 15 is 0 Å². The van der Waals surface area contributed by atoms with E-state index in [0.29, 0.717) is 38.0 Å². The quantitative estimate of drug-likeness (QED) is 0.452. The highest BCUT2D eigenvalue weighted by molar-refractivity contribution is 7.89. The topological polar surface area (TPSA) is 84.7 Å². The van der Waals surface area contributed by atoms with Gasteiger partial charge in [-0.15, -0.1) is 0 Å². The van der Waals surface area contributed by atoms with Crippen molar-refractivity contribution in [3.8, 4) is 5.75 Å². The average Bonchev–Trinajstić information content (AvgIpc) is 3.13. The van der Waals surface area contributed by atoms with Crippen LogP contribution in [0, 0.1) is 0 Å². The third-order valence-corrected chi connectivity index (χ3v) is 7.90. The number of benzene rings is 2. The first kappa shape index (κ1) is 24.7. The van der Waals surface area contributed by atoms with Crippen LogP contribution in [0.1, 0.15) is 31.7 Å². The largest absolute Gasteiger partial charge is 0.497 e. The van der Waals surface area contributed by atoms with Crippen molar-refractivity contribution < 1.29 is 17.9 Å². The van der Waals surface area contributed by atoms with Gasteiger partial charge in [0.25, 0.3) is 0 Å². The van der Waals surface area contributed by atoms with Gasteiger partial charge in [-0.25, -0.2) is 13.4 Å². The molecule has 0 unspecified atom stereocenters. The molecule has 0 aliphatic carbocycles. The van der Waals surface area contributed by atoms with Gasteiger partial charge >= 0.3 is 0 Å². The fourth-order valence-electron chi connectivity index (χ4n) is 3.83. The van der Waals surface area contributed by atoms with Gasteiger partial charge in [0.15, 0.2) is 0 Å². The van der Waals surface area contributed by atoms with E-state index in [2.05, 4.69) is 4.98 Å². The Labute approximate surface area is 195 Å². The predicted octanol–water partition coefficient (Wildman–Crippen LogP) is 3.20. The van der Waals surface area contributed by atoms with E-state index in [0.717, 1.165) is 22.7 Å². The van der Waals surface area contributed by atoms with Crippen LogP contribution in [0.4, 0.5) is 0 Å². The molecule has 0 radical (unpaired) electrons. The Morgan fingerprint density at radius 2 is 1.76 bits per heavy atom. The Morgan fingerprint density at radius 3 is 2.36 bits per heavy atom. The number of aryl methyl sites for hydroxylation is 2. The van der Waals surface area contributed by atoms with Gasteiger partial charge in [0.05, 0.1) is 23.0 Å². The minimum Gasteiger partial charge on any atom is -0.497 e. The number of hydrogen-bond acceptors (Lipinski definition) is 5. The molecule has 33 heavy (non-hydrogen) atoms. The molecule has 0 aliphatic rings. The van der Waals surface area contributed by atoms with Gasteiger partial charge in [-0.2, -0.15) is 4.31 Å². The monoisotopic (exact) mass is 472 g/mol. The van der Waals surface area contributed by atoms with Crippen LogP contribution in [0.3, 0.4) is 0 Å². The molecule has 3 rings (SSSR count). The van der Waals surface area contributed by atoms with Crippen molar-refractivity contribution in [2.45, 2.75) is 38.1 Å². The van der Waals surface area contributed by atoms with Gasteiger partial charge in [-0.05, 0) is 35.9 Å². The second-order valence-corrected chi connectivity index (χ2v) is 9.86. The minimum absolute atomic E-state index is 0.0164. The Bertz CT molecular complexity index is 1220. The molecule has 0 N–H and O–H groups in total. The van der Waals surface area contributed by atoms with Crippen molar-refractivity contribution in [2.24, 2.45) is 7.05 Å². The SMILES string of the molecule is CCN(CC)S(=O)(=O)c1ccc2c(c1)nc(CCC(=O)N(C)Cc1ccc(OC)cc1)n2C. The summed E-state index contributed by atoms with van der Waals surface area (Å²) >= 11 is 0. The molecule has 9 heteroatoms. The van der Waals surface area contributed by atoms with E-state index in [1.165, 1.54) is 4.31 Å². The third-order valence-electron chi connectivity index (χ3n) is 5.86. The molecule has 0 aliphatic heterocycles. The molecular formula is C24H32N4O4S. The third kappa shape index (κ3) is 5.36. The molecule has 0 saturated carbocycles. The van der Waals surface area contributed by atoms with E-state index in [4.69, 9.17) is 4.74 Å². The predicted molar refractivity (Wildman–Crippen MR) is 129 cm³/mol. The number of imidazole rings is 1. The Kier molecular flexibility index (Phi) is 7.76. The number of sulfonamides is 1. The number of aromatic nitrogens is 2. The second kappa shape index (κ2) is 10.4. The van der Waals surface area contributed by atoms with Crippen molar-refractivity contribution in [1.82, 2.24) is 18.8 Å². The summed E-state index contributed by atoms with van der Waals surface area (Å²) in [6.45, 7) is 4.98. The molecular weight excluding hydrogens is 440 g/mol.